The number of halogens is 1. The van der Waals surface area contributed by atoms with Gasteiger partial charge in [-0.25, -0.2) is 13.5 Å². The van der Waals surface area contributed by atoms with Crippen LogP contribution >= 0.6 is 15.9 Å². The normalized spacial score (nSPS) is 27.2. The maximum atomic E-state index is 12.2. The van der Waals surface area contributed by atoms with Crippen molar-refractivity contribution in [2.24, 2.45) is 0 Å². The van der Waals surface area contributed by atoms with E-state index in [2.05, 4.69) is 20.9 Å². The molecule has 0 aliphatic carbocycles. The Bertz CT molecular complexity index is 428. The van der Waals surface area contributed by atoms with Crippen LogP contribution < -0.4 is 0 Å². The first kappa shape index (κ1) is 13.1. The van der Waals surface area contributed by atoms with Gasteiger partial charge in [0.05, 0.1) is 11.5 Å². The van der Waals surface area contributed by atoms with Crippen molar-refractivity contribution in [3.05, 3.63) is 22.9 Å². The molecule has 1 aliphatic heterocycles. The molecule has 0 radical (unpaired) electrons. The molecule has 2 N–H and O–H groups in total. The number of hydrogen-bond donors (Lipinski definition) is 2. The fourth-order valence-electron chi connectivity index (χ4n) is 1.70. The van der Waals surface area contributed by atoms with E-state index in [-0.39, 0.29) is 13.2 Å². The lowest BCUT2D eigenvalue weighted by molar-refractivity contribution is -0.000503. The van der Waals surface area contributed by atoms with Crippen LogP contribution in [0, 0.1) is 0 Å². The molecule has 2 atom stereocenters. The molecule has 2 unspecified atom stereocenters. The van der Waals surface area contributed by atoms with Crippen molar-refractivity contribution in [2.45, 2.75) is 16.9 Å². The van der Waals surface area contributed by atoms with Crippen LogP contribution in [0.25, 0.3) is 0 Å². The fraction of sp³-hybridized carbons (Fsp3) is 0.500. The van der Waals surface area contributed by atoms with Crippen LogP contribution in [-0.4, -0.2) is 49.0 Å². The number of β-amino-alcohol motifs (C(OH)–C–C–N with tert-alkyl or cyclic N) is 1. The van der Waals surface area contributed by atoms with E-state index in [9.17, 15) is 9.32 Å². The Morgan fingerprint density at radius 1 is 1.59 bits per heavy atom. The minimum atomic E-state index is -1.34. The minimum Gasteiger partial charge on any atom is -0.393 e. The van der Waals surface area contributed by atoms with Gasteiger partial charge in [-0.15, -0.1) is 0 Å². The zero-order valence-corrected chi connectivity index (χ0v) is 11.4. The molecule has 1 aromatic heterocycles. The molecule has 1 aromatic rings. The minimum absolute atomic E-state index is 0.214. The van der Waals surface area contributed by atoms with Crippen molar-refractivity contribution in [3.8, 4) is 0 Å². The molecule has 1 fully saturated rings. The molecule has 2 heterocycles. The number of nitrogens with zero attached hydrogens (tertiary/aromatic N) is 2. The number of aliphatic hydroxyl groups is 2. The van der Waals surface area contributed by atoms with Gasteiger partial charge in [0, 0.05) is 19.3 Å². The lowest BCUT2D eigenvalue weighted by Crippen LogP contribution is -2.37. The first-order valence-corrected chi connectivity index (χ1v) is 7.06. The van der Waals surface area contributed by atoms with Gasteiger partial charge in [-0.1, -0.05) is 0 Å². The predicted molar refractivity (Wildman–Crippen MR) is 66.6 cm³/mol. The summed E-state index contributed by atoms with van der Waals surface area (Å²) in [6.07, 6.45) is 1.97. The lowest BCUT2D eigenvalue weighted by Gasteiger charge is -2.20. The van der Waals surface area contributed by atoms with Crippen molar-refractivity contribution < 1.29 is 14.4 Å². The first-order valence-electron chi connectivity index (χ1n) is 5.16. The lowest BCUT2D eigenvalue weighted by atomic mass is 10.1. The van der Waals surface area contributed by atoms with Gasteiger partial charge in [0.15, 0.2) is 0 Å². The Labute approximate surface area is 110 Å². The maximum Gasteiger partial charge on any atom is 0.129 e. The molecule has 1 saturated heterocycles. The summed E-state index contributed by atoms with van der Waals surface area (Å²) >= 11 is 3.21. The maximum absolute atomic E-state index is 12.2. The zero-order valence-electron chi connectivity index (χ0n) is 9.04. The average molecular weight is 321 g/mol. The van der Waals surface area contributed by atoms with Gasteiger partial charge in [0.25, 0.3) is 0 Å². The van der Waals surface area contributed by atoms with E-state index in [1.165, 1.54) is 6.20 Å². The van der Waals surface area contributed by atoms with Crippen LogP contribution in [0.1, 0.15) is 6.42 Å². The van der Waals surface area contributed by atoms with Crippen LogP contribution in [0.5, 0.6) is 0 Å². The van der Waals surface area contributed by atoms with Crippen molar-refractivity contribution >= 4 is 26.9 Å². The molecule has 0 saturated carbocycles. The molecular formula is C10H13BrN2O3S. The van der Waals surface area contributed by atoms with Gasteiger partial charge < -0.3 is 10.2 Å². The van der Waals surface area contributed by atoms with Gasteiger partial charge in [-0.3, -0.25) is 0 Å². The van der Waals surface area contributed by atoms with Crippen molar-refractivity contribution in [2.75, 3.05) is 19.7 Å². The monoisotopic (exact) mass is 320 g/mol. The summed E-state index contributed by atoms with van der Waals surface area (Å²) in [5.41, 5.74) is -1.13. The predicted octanol–water partition coefficient (Wildman–Crippen LogP) is 0.296. The molecule has 0 spiro atoms. The number of aliphatic hydroxyl groups excluding tert-OH is 1. The molecular weight excluding hydrogens is 308 g/mol. The Hall–Kier alpha value is -0.340. The van der Waals surface area contributed by atoms with E-state index in [0.29, 0.717) is 22.5 Å². The molecule has 1 aliphatic rings. The molecule has 94 valence electrons. The highest BCUT2D eigenvalue weighted by Crippen LogP contribution is 2.24. The van der Waals surface area contributed by atoms with Gasteiger partial charge in [0.2, 0.25) is 0 Å². The van der Waals surface area contributed by atoms with E-state index >= 15 is 0 Å². The topological polar surface area (TPSA) is 73.7 Å². The Kier molecular flexibility index (Phi) is 3.94. The standard InChI is InChI=1S/C10H13BrN2O3S/c11-9-2-1-8(5-12-9)17(16)13-4-3-10(15,6-13)7-14/h1-2,5,14-15H,3-4,6-7H2. The third kappa shape index (κ3) is 2.92. The van der Waals surface area contributed by atoms with Crippen LogP contribution in [0.4, 0.5) is 0 Å². The number of rotatable bonds is 3. The summed E-state index contributed by atoms with van der Waals surface area (Å²) in [7, 11) is -1.34. The quantitative estimate of drug-likeness (QED) is 0.785. The summed E-state index contributed by atoms with van der Waals surface area (Å²) < 4.78 is 14.5. The summed E-state index contributed by atoms with van der Waals surface area (Å²) in [4.78, 5) is 4.61. The molecule has 2 rings (SSSR count). The van der Waals surface area contributed by atoms with E-state index in [1.54, 1.807) is 16.4 Å². The zero-order chi connectivity index (χ0) is 12.5. The number of aromatic nitrogens is 1. The van der Waals surface area contributed by atoms with Gasteiger partial charge >= 0.3 is 0 Å². The summed E-state index contributed by atoms with van der Waals surface area (Å²) in [6, 6.07) is 3.45. The van der Waals surface area contributed by atoms with Crippen LogP contribution in [0.15, 0.2) is 27.8 Å². The molecule has 5 nitrogen and oxygen atoms in total. The average Bonchev–Trinajstić information content (AvgIpc) is 2.73. The Morgan fingerprint density at radius 2 is 2.35 bits per heavy atom. The smallest absolute Gasteiger partial charge is 0.129 e. The highest BCUT2D eigenvalue weighted by Gasteiger charge is 2.38. The van der Waals surface area contributed by atoms with E-state index in [4.69, 9.17) is 5.11 Å². The highest BCUT2D eigenvalue weighted by atomic mass is 79.9. The first-order chi connectivity index (χ1) is 8.04. The second-order valence-corrected chi connectivity index (χ2v) is 6.36. The van der Waals surface area contributed by atoms with Gasteiger partial charge in [0.1, 0.15) is 21.2 Å². The molecule has 0 amide bonds. The van der Waals surface area contributed by atoms with Crippen molar-refractivity contribution in [1.29, 1.82) is 0 Å². The van der Waals surface area contributed by atoms with E-state index in [0.717, 1.165) is 0 Å². The van der Waals surface area contributed by atoms with Crippen LogP contribution in [0.3, 0.4) is 0 Å². The fourth-order valence-corrected chi connectivity index (χ4v) is 3.18. The SMILES string of the molecule is O=S(c1ccc(Br)nc1)N1CCC(O)(CO)C1. The summed E-state index contributed by atoms with van der Waals surface area (Å²) in [5, 5.41) is 18.9. The third-order valence-corrected chi connectivity index (χ3v) is 4.62. The molecule has 7 heteroatoms. The number of hydrogen-bond acceptors (Lipinski definition) is 4. The van der Waals surface area contributed by atoms with Crippen LogP contribution in [0.2, 0.25) is 0 Å². The summed E-state index contributed by atoms with van der Waals surface area (Å²) in [6.45, 7) is 0.408. The van der Waals surface area contributed by atoms with Crippen molar-refractivity contribution in [3.63, 3.8) is 0 Å². The van der Waals surface area contributed by atoms with Crippen LogP contribution in [-0.2, 0) is 11.0 Å². The van der Waals surface area contributed by atoms with E-state index in [1.807, 2.05) is 0 Å². The molecule has 0 bridgehead atoms. The van der Waals surface area contributed by atoms with Gasteiger partial charge in [-0.05, 0) is 34.5 Å². The van der Waals surface area contributed by atoms with Gasteiger partial charge in [-0.2, -0.15) is 0 Å². The second-order valence-electron chi connectivity index (χ2n) is 4.06. The molecule has 0 aromatic carbocycles. The van der Waals surface area contributed by atoms with E-state index < -0.39 is 16.6 Å². The summed E-state index contributed by atoms with van der Waals surface area (Å²) in [5.74, 6) is 0. The van der Waals surface area contributed by atoms with Crippen molar-refractivity contribution in [1.82, 2.24) is 9.29 Å². The Balaban J connectivity index is 2.09. The largest absolute Gasteiger partial charge is 0.393 e. The Morgan fingerprint density at radius 3 is 2.88 bits per heavy atom. The molecule has 17 heavy (non-hydrogen) atoms. The third-order valence-electron chi connectivity index (χ3n) is 2.73. The second kappa shape index (κ2) is 5.11. The number of pyridine rings is 1. The highest BCUT2D eigenvalue weighted by molar-refractivity contribution is 9.10.